The zero-order chi connectivity index (χ0) is 13.4. The van der Waals surface area contributed by atoms with E-state index in [4.69, 9.17) is 0 Å². The van der Waals surface area contributed by atoms with Crippen LogP contribution in [-0.4, -0.2) is 28.6 Å². The van der Waals surface area contributed by atoms with Crippen LogP contribution in [0.1, 0.15) is 5.69 Å². The molecule has 0 amide bonds. The third-order valence-electron chi connectivity index (χ3n) is 3.08. The minimum atomic E-state index is -0.137. The second kappa shape index (κ2) is 4.25. The topological polar surface area (TPSA) is 50.4 Å². The van der Waals surface area contributed by atoms with Gasteiger partial charge in [-0.25, -0.2) is 4.68 Å². The molecule has 5 heteroatoms. The second-order valence-corrected chi connectivity index (χ2v) is 4.46. The first kappa shape index (κ1) is 12.3. The largest absolute Gasteiger partial charge is 0.506 e. The number of para-hydroxylation sites is 2. The van der Waals surface area contributed by atoms with Crippen molar-refractivity contribution in [3.63, 3.8) is 0 Å². The molecule has 0 unspecified atom stereocenters. The number of rotatable bonds is 2. The Morgan fingerprint density at radius 1 is 1.22 bits per heavy atom. The van der Waals surface area contributed by atoms with Crippen LogP contribution in [0.25, 0.3) is 5.69 Å². The van der Waals surface area contributed by atoms with E-state index in [9.17, 15) is 9.90 Å². The van der Waals surface area contributed by atoms with E-state index in [0.717, 1.165) is 5.69 Å². The summed E-state index contributed by atoms with van der Waals surface area (Å²) in [4.78, 5) is 14.2. The summed E-state index contributed by atoms with van der Waals surface area (Å²) >= 11 is 0. The van der Waals surface area contributed by atoms with Crippen LogP contribution < -0.4 is 10.5 Å². The Kier molecular flexibility index (Phi) is 2.90. The predicted molar refractivity (Wildman–Crippen MR) is 71.7 cm³/mol. The van der Waals surface area contributed by atoms with Gasteiger partial charge in [0.2, 0.25) is 0 Å². The van der Waals surface area contributed by atoms with E-state index in [1.165, 1.54) is 4.68 Å². The maximum absolute atomic E-state index is 12.4. The summed E-state index contributed by atoms with van der Waals surface area (Å²) in [7, 11) is 5.47. The fraction of sp³-hybridized carbons (Fsp3) is 0.308. The van der Waals surface area contributed by atoms with Crippen molar-refractivity contribution >= 4 is 5.69 Å². The number of anilines is 1. The summed E-state index contributed by atoms with van der Waals surface area (Å²) < 4.78 is 3.22. The maximum atomic E-state index is 12.4. The van der Waals surface area contributed by atoms with Crippen LogP contribution in [0.5, 0.6) is 5.75 Å². The van der Waals surface area contributed by atoms with Crippen molar-refractivity contribution in [3.8, 4) is 11.4 Å². The van der Waals surface area contributed by atoms with Gasteiger partial charge in [0.1, 0.15) is 17.1 Å². The highest BCUT2D eigenvalue weighted by Gasteiger charge is 2.18. The van der Waals surface area contributed by atoms with Gasteiger partial charge >= 0.3 is 0 Å². The lowest BCUT2D eigenvalue weighted by Gasteiger charge is -2.09. The lowest BCUT2D eigenvalue weighted by atomic mass is 10.3. The van der Waals surface area contributed by atoms with Crippen LogP contribution in [-0.2, 0) is 7.05 Å². The molecule has 0 atom stereocenters. The van der Waals surface area contributed by atoms with Crippen LogP contribution in [0.2, 0.25) is 0 Å². The van der Waals surface area contributed by atoms with Crippen molar-refractivity contribution in [2.75, 3.05) is 19.0 Å². The van der Waals surface area contributed by atoms with E-state index in [1.54, 1.807) is 40.9 Å². The van der Waals surface area contributed by atoms with Gasteiger partial charge in [-0.1, -0.05) is 12.1 Å². The monoisotopic (exact) mass is 247 g/mol. The summed E-state index contributed by atoms with van der Waals surface area (Å²) in [5, 5.41) is 9.86. The van der Waals surface area contributed by atoms with Gasteiger partial charge < -0.3 is 10.0 Å². The van der Waals surface area contributed by atoms with Crippen LogP contribution in [0, 0.1) is 6.92 Å². The van der Waals surface area contributed by atoms with Gasteiger partial charge in [0.15, 0.2) is 0 Å². The third-order valence-corrected chi connectivity index (χ3v) is 3.08. The fourth-order valence-corrected chi connectivity index (χ4v) is 2.12. The molecule has 1 aromatic heterocycles. The minimum absolute atomic E-state index is 0.0884. The minimum Gasteiger partial charge on any atom is -0.506 e. The van der Waals surface area contributed by atoms with Crippen molar-refractivity contribution in [3.05, 3.63) is 40.3 Å². The highest BCUT2D eigenvalue weighted by atomic mass is 16.3. The van der Waals surface area contributed by atoms with Gasteiger partial charge in [0.05, 0.1) is 5.69 Å². The maximum Gasteiger partial charge on any atom is 0.295 e. The standard InChI is InChI=1S/C13H17N3O2/c1-9-12(14(2)3)13(18)16(15(9)4)10-7-5-6-8-11(10)17/h5-8,17H,1-4H3. The Bertz CT molecular complexity index is 638. The van der Waals surface area contributed by atoms with E-state index in [0.29, 0.717) is 11.4 Å². The average molecular weight is 247 g/mol. The zero-order valence-electron chi connectivity index (χ0n) is 11.0. The highest BCUT2D eigenvalue weighted by Crippen LogP contribution is 2.22. The normalized spacial score (nSPS) is 10.7. The fourth-order valence-electron chi connectivity index (χ4n) is 2.12. The number of benzene rings is 1. The number of aromatic nitrogens is 2. The lowest BCUT2D eigenvalue weighted by molar-refractivity contribution is 0.464. The lowest BCUT2D eigenvalue weighted by Crippen LogP contribution is -2.23. The molecule has 1 N–H and O–H groups in total. The van der Waals surface area contributed by atoms with Crippen molar-refractivity contribution in [2.45, 2.75) is 6.92 Å². The second-order valence-electron chi connectivity index (χ2n) is 4.46. The van der Waals surface area contributed by atoms with Crippen LogP contribution in [0.4, 0.5) is 5.69 Å². The van der Waals surface area contributed by atoms with E-state index in [-0.39, 0.29) is 11.3 Å². The SMILES string of the molecule is Cc1c(N(C)C)c(=O)n(-c2ccccc2O)n1C. The molecule has 0 aliphatic rings. The van der Waals surface area contributed by atoms with E-state index >= 15 is 0 Å². The Morgan fingerprint density at radius 3 is 2.33 bits per heavy atom. The van der Waals surface area contributed by atoms with Crippen LogP contribution in [0.15, 0.2) is 29.1 Å². The number of aromatic hydroxyl groups is 1. The summed E-state index contributed by atoms with van der Waals surface area (Å²) in [6.45, 7) is 1.88. The molecule has 96 valence electrons. The molecule has 0 radical (unpaired) electrons. The molecular weight excluding hydrogens is 230 g/mol. The molecule has 2 aromatic rings. The molecule has 5 nitrogen and oxygen atoms in total. The van der Waals surface area contributed by atoms with Gasteiger partial charge in [-0.05, 0) is 19.1 Å². The van der Waals surface area contributed by atoms with Crippen LogP contribution in [0.3, 0.4) is 0 Å². The van der Waals surface area contributed by atoms with E-state index in [1.807, 2.05) is 21.0 Å². The number of hydrogen-bond donors (Lipinski definition) is 1. The Labute approximate surface area is 105 Å². The molecule has 18 heavy (non-hydrogen) atoms. The Morgan fingerprint density at radius 2 is 1.83 bits per heavy atom. The molecule has 0 aliphatic heterocycles. The van der Waals surface area contributed by atoms with Crippen molar-refractivity contribution in [2.24, 2.45) is 7.05 Å². The molecule has 0 spiro atoms. The van der Waals surface area contributed by atoms with Gasteiger partial charge in [-0.15, -0.1) is 0 Å². The van der Waals surface area contributed by atoms with Gasteiger partial charge in [-0.3, -0.25) is 9.48 Å². The first-order valence-corrected chi connectivity index (χ1v) is 5.69. The molecule has 0 saturated heterocycles. The van der Waals surface area contributed by atoms with E-state index < -0.39 is 0 Å². The van der Waals surface area contributed by atoms with Gasteiger partial charge in [0.25, 0.3) is 5.56 Å². The number of hydrogen-bond acceptors (Lipinski definition) is 3. The number of nitrogens with zero attached hydrogens (tertiary/aromatic N) is 3. The zero-order valence-corrected chi connectivity index (χ0v) is 11.0. The molecular formula is C13H17N3O2. The summed E-state index contributed by atoms with van der Waals surface area (Å²) in [6, 6.07) is 6.81. The quantitative estimate of drug-likeness (QED) is 0.869. The van der Waals surface area contributed by atoms with Crippen molar-refractivity contribution in [1.82, 2.24) is 9.36 Å². The Hall–Kier alpha value is -2.17. The average Bonchev–Trinajstić information content (AvgIpc) is 2.52. The molecule has 0 fully saturated rings. The number of phenols is 1. The molecule has 1 aromatic carbocycles. The predicted octanol–water partition coefficient (Wildman–Crippen LogP) is 1.26. The Balaban J connectivity index is 2.79. The molecule has 0 bridgehead atoms. The molecule has 0 aliphatic carbocycles. The summed E-state index contributed by atoms with van der Waals surface area (Å²) in [5.41, 5.74) is 1.83. The third kappa shape index (κ3) is 1.68. The first-order chi connectivity index (χ1) is 8.45. The summed E-state index contributed by atoms with van der Waals surface area (Å²) in [5.74, 6) is 0.0884. The first-order valence-electron chi connectivity index (χ1n) is 5.69. The van der Waals surface area contributed by atoms with Gasteiger partial charge in [-0.2, -0.15) is 0 Å². The van der Waals surface area contributed by atoms with Crippen molar-refractivity contribution in [1.29, 1.82) is 0 Å². The molecule has 2 rings (SSSR count). The van der Waals surface area contributed by atoms with E-state index in [2.05, 4.69) is 0 Å². The molecule has 1 heterocycles. The van der Waals surface area contributed by atoms with Crippen molar-refractivity contribution < 1.29 is 5.11 Å². The highest BCUT2D eigenvalue weighted by molar-refractivity contribution is 5.53. The molecule has 0 saturated carbocycles. The number of phenolic OH excluding ortho intramolecular Hbond substituents is 1. The summed E-state index contributed by atoms with van der Waals surface area (Å²) in [6.07, 6.45) is 0. The smallest absolute Gasteiger partial charge is 0.295 e. The van der Waals surface area contributed by atoms with Crippen LogP contribution >= 0.6 is 0 Å². The van der Waals surface area contributed by atoms with Gasteiger partial charge in [0, 0.05) is 21.1 Å².